The molecule has 7 nitrogen and oxygen atoms in total. The van der Waals surface area contributed by atoms with E-state index in [0.717, 1.165) is 37.5 Å². The average Bonchev–Trinajstić information content (AvgIpc) is 2.74. The molecule has 0 unspecified atom stereocenters. The van der Waals surface area contributed by atoms with Crippen LogP contribution in [0.15, 0.2) is 18.2 Å². The van der Waals surface area contributed by atoms with E-state index in [1.54, 1.807) is 0 Å². The summed E-state index contributed by atoms with van der Waals surface area (Å²) in [4.78, 5) is 33.5. The molecule has 0 fully saturated rings. The lowest BCUT2D eigenvalue weighted by Gasteiger charge is -2.07. The first-order valence-corrected chi connectivity index (χ1v) is 11.2. The van der Waals surface area contributed by atoms with Gasteiger partial charge in [-0.3, -0.25) is 19.7 Å². The third kappa shape index (κ3) is 12.7. The lowest BCUT2D eigenvalue weighted by Crippen LogP contribution is -2.09. The molecule has 0 saturated heterocycles. The van der Waals surface area contributed by atoms with Crippen molar-refractivity contribution >= 4 is 17.6 Å². The highest BCUT2D eigenvalue weighted by molar-refractivity contribution is 5.72. The Morgan fingerprint density at radius 3 is 2.10 bits per heavy atom. The van der Waals surface area contributed by atoms with Crippen LogP contribution in [0.3, 0.4) is 0 Å². The molecule has 0 spiro atoms. The Morgan fingerprint density at radius 2 is 1.48 bits per heavy atom. The summed E-state index contributed by atoms with van der Waals surface area (Å²) in [5.74, 6) is -1.63. The van der Waals surface area contributed by atoms with E-state index in [2.05, 4.69) is 6.92 Å². The number of hydrogen-bond acceptors (Lipinski definition) is 6. The maximum Gasteiger partial charge on any atom is 0.306 e. The van der Waals surface area contributed by atoms with Crippen molar-refractivity contribution in [3.8, 4) is 0 Å². The molecule has 0 radical (unpaired) electrons. The molecule has 0 N–H and O–H groups in total. The summed E-state index contributed by atoms with van der Waals surface area (Å²) in [6.07, 6.45) is 11.1. The summed E-state index contributed by atoms with van der Waals surface area (Å²) in [6, 6.07) is 3.04. The number of non-ortho nitro benzene ring substituents is 1. The minimum atomic E-state index is -0.682. The molecule has 0 bridgehead atoms. The van der Waals surface area contributed by atoms with Crippen molar-refractivity contribution in [3.63, 3.8) is 0 Å². The summed E-state index contributed by atoms with van der Waals surface area (Å²) in [6.45, 7) is 2.21. The van der Waals surface area contributed by atoms with Crippen molar-refractivity contribution in [2.75, 3.05) is 6.61 Å². The highest BCUT2D eigenvalue weighted by Crippen LogP contribution is 2.18. The number of nitro groups is 1. The number of rotatable bonds is 17. The van der Waals surface area contributed by atoms with Gasteiger partial charge in [0.25, 0.3) is 5.69 Å². The minimum absolute atomic E-state index is 0.0102. The fourth-order valence-electron chi connectivity index (χ4n) is 3.06. The van der Waals surface area contributed by atoms with Crippen LogP contribution < -0.4 is 0 Å². The van der Waals surface area contributed by atoms with E-state index in [9.17, 15) is 24.1 Å². The standard InChI is InChI=1S/C23H34FNO6/c1-2-3-4-5-6-7-8-9-10-16-30-22(26)12-11-13-23(27)31-18-19-17-20(25(28)29)14-15-21(19)24/h14-15,17H,2-13,16,18H2,1H3. The molecule has 8 heteroatoms. The van der Waals surface area contributed by atoms with Crippen LogP contribution in [-0.2, 0) is 25.7 Å². The van der Waals surface area contributed by atoms with Gasteiger partial charge in [-0.1, -0.05) is 58.3 Å². The zero-order valence-electron chi connectivity index (χ0n) is 18.4. The second-order valence-corrected chi connectivity index (χ2v) is 7.60. The van der Waals surface area contributed by atoms with Crippen molar-refractivity contribution in [3.05, 3.63) is 39.7 Å². The molecular weight excluding hydrogens is 405 g/mol. The SMILES string of the molecule is CCCCCCCCCCCOC(=O)CCCC(=O)OCc1cc([N+](=O)[O-])ccc1F. The molecule has 0 aliphatic carbocycles. The van der Waals surface area contributed by atoms with Gasteiger partial charge in [-0.15, -0.1) is 0 Å². The van der Waals surface area contributed by atoms with Crippen molar-refractivity contribution < 1.29 is 28.4 Å². The van der Waals surface area contributed by atoms with E-state index < -0.39 is 23.3 Å². The first kappa shape index (κ1) is 26.5. The summed E-state index contributed by atoms with van der Waals surface area (Å²) in [5.41, 5.74) is -0.343. The lowest BCUT2D eigenvalue weighted by atomic mass is 10.1. The Kier molecular flexibility index (Phi) is 13.9. The van der Waals surface area contributed by atoms with Crippen LogP contribution in [0.1, 0.15) is 89.5 Å². The van der Waals surface area contributed by atoms with Crippen molar-refractivity contribution in [1.82, 2.24) is 0 Å². The molecular formula is C23H34FNO6. The molecule has 0 aromatic heterocycles. The maximum absolute atomic E-state index is 13.6. The van der Waals surface area contributed by atoms with Gasteiger partial charge in [0, 0.05) is 30.5 Å². The number of ether oxygens (including phenoxy) is 2. The van der Waals surface area contributed by atoms with Crippen LogP contribution >= 0.6 is 0 Å². The van der Waals surface area contributed by atoms with Crippen molar-refractivity contribution in [2.24, 2.45) is 0 Å². The number of benzene rings is 1. The van der Waals surface area contributed by atoms with Crippen LogP contribution in [-0.4, -0.2) is 23.5 Å². The summed E-state index contributed by atoms with van der Waals surface area (Å²) < 4.78 is 23.7. The summed E-state index contributed by atoms with van der Waals surface area (Å²) in [7, 11) is 0. The number of halogens is 1. The highest BCUT2D eigenvalue weighted by atomic mass is 19.1. The van der Waals surface area contributed by atoms with E-state index in [0.29, 0.717) is 6.61 Å². The van der Waals surface area contributed by atoms with E-state index >= 15 is 0 Å². The summed E-state index contributed by atoms with van der Waals surface area (Å²) >= 11 is 0. The minimum Gasteiger partial charge on any atom is -0.466 e. The smallest absolute Gasteiger partial charge is 0.306 e. The van der Waals surface area contributed by atoms with Gasteiger partial charge in [-0.2, -0.15) is 0 Å². The number of carbonyl (C=O) groups is 2. The molecule has 0 amide bonds. The van der Waals surface area contributed by atoms with E-state index in [1.165, 1.54) is 38.5 Å². The molecule has 174 valence electrons. The topological polar surface area (TPSA) is 95.7 Å². The van der Waals surface area contributed by atoms with Gasteiger partial charge in [0.05, 0.1) is 11.5 Å². The predicted molar refractivity (Wildman–Crippen MR) is 115 cm³/mol. The van der Waals surface area contributed by atoms with Gasteiger partial charge >= 0.3 is 11.9 Å². The number of unbranched alkanes of at least 4 members (excludes halogenated alkanes) is 8. The number of hydrogen-bond donors (Lipinski definition) is 0. The fourth-order valence-corrected chi connectivity index (χ4v) is 3.06. The number of esters is 2. The number of nitro benzene ring substituents is 1. The molecule has 31 heavy (non-hydrogen) atoms. The van der Waals surface area contributed by atoms with Crippen LogP contribution in [0.5, 0.6) is 0 Å². The summed E-state index contributed by atoms with van der Waals surface area (Å²) in [5, 5.41) is 10.7. The van der Waals surface area contributed by atoms with Gasteiger partial charge in [-0.25, -0.2) is 4.39 Å². The Labute approximate surface area is 183 Å². The number of nitrogens with zero attached hydrogens (tertiary/aromatic N) is 1. The van der Waals surface area contributed by atoms with Gasteiger partial charge < -0.3 is 9.47 Å². The number of carbonyl (C=O) groups excluding carboxylic acids is 2. The molecule has 0 heterocycles. The van der Waals surface area contributed by atoms with Crippen LogP contribution in [0, 0.1) is 15.9 Å². The Bertz CT molecular complexity index is 695. The highest BCUT2D eigenvalue weighted by Gasteiger charge is 2.13. The van der Waals surface area contributed by atoms with Gasteiger partial charge in [0.15, 0.2) is 0 Å². The Balaban J connectivity index is 2.06. The van der Waals surface area contributed by atoms with Crippen LogP contribution in [0.2, 0.25) is 0 Å². The molecule has 0 atom stereocenters. The predicted octanol–water partition coefficient (Wildman–Crippen LogP) is 6.02. The average molecular weight is 440 g/mol. The third-order valence-electron chi connectivity index (χ3n) is 4.90. The zero-order chi connectivity index (χ0) is 22.9. The Hall–Kier alpha value is -2.51. The molecule has 0 saturated carbocycles. The monoisotopic (exact) mass is 439 g/mol. The largest absolute Gasteiger partial charge is 0.466 e. The second-order valence-electron chi connectivity index (χ2n) is 7.60. The lowest BCUT2D eigenvalue weighted by molar-refractivity contribution is -0.385. The first-order chi connectivity index (χ1) is 14.9. The van der Waals surface area contributed by atoms with Gasteiger partial charge in [0.2, 0.25) is 0 Å². The molecule has 0 aliphatic heterocycles. The quantitative estimate of drug-likeness (QED) is 0.127. The van der Waals surface area contributed by atoms with Crippen molar-refractivity contribution in [2.45, 2.75) is 90.6 Å². The Morgan fingerprint density at radius 1 is 0.903 bits per heavy atom. The van der Waals surface area contributed by atoms with E-state index in [1.807, 2.05) is 0 Å². The van der Waals surface area contributed by atoms with Crippen LogP contribution in [0.4, 0.5) is 10.1 Å². The first-order valence-electron chi connectivity index (χ1n) is 11.2. The zero-order valence-corrected chi connectivity index (χ0v) is 18.4. The van der Waals surface area contributed by atoms with Crippen LogP contribution in [0.25, 0.3) is 0 Å². The normalized spacial score (nSPS) is 10.6. The second kappa shape index (κ2) is 16.2. The fraction of sp³-hybridized carbons (Fsp3) is 0.652. The van der Waals surface area contributed by atoms with Crippen molar-refractivity contribution in [1.29, 1.82) is 0 Å². The third-order valence-corrected chi connectivity index (χ3v) is 4.90. The van der Waals surface area contributed by atoms with Gasteiger partial charge in [0.1, 0.15) is 12.4 Å². The molecule has 1 aromatic carbocycles. The van der Waals surface area contributed by atoms with E-state index in [4.69, 9.17) is 9.47 Å². The molecule has 1 aromatic rings. The van der Waals surface area contributed by atoms with E-state index in [-0.39, 0.29) is 36.5 Å². The maximum atomic E-state index is 13.6. The van der Waals surface area contributed by atoms with Gasteiger partial charge in [-0.05, 0) is 18.9 Å². The molecule has 1 rings (SSSR count). The molecule has 0 aliphatic rings.